The van der Waals surface area contributed by atoms with Crippen LogP contribution >= 0.6 is 35.3 Å². The molecule has 0 unspecified atom stereocenters. The van der Waals surface area contributed by atoms with E-state index in [4.69, 9.17) is 0 Å². The highest BCUT2D eigenvalue weighted by molar-refractivity contribution is 8.17. The van der Waals surface area contributed by atoms with E-state index >= 15 is 0 Å². The predicted octanol–water partition coefficient (Wildman–Crippen LogP) is 3.25. The Labute approximate surface area is 251 Å². The van der Waals surface area contributed by atoms with Crippen molar-refractivity contribution >= 4 is 77.5 Å². The molecule has 0 saturated heterocycles. The van der Waals surface area contributed by atoms with Gasteiger partial charge in [0, 0.05) is 23.0 Å². The number of hydrogen-bond acceptors (Lipinski definition) is 15. The molecule has 0 radical (unpaired) electrons. The second-order valence-electron chi connectivity index (χ2n) is 7.61. The van der Waals surface area contributed by atoms with Crippen LogP contribution in [0.25, 0.3) is 0 Å². The van der Waals surface area contributed by atoms with Gasteiger partial charge in [-0.1, -0.05) is 94.5 Å². The van der Waals surface area contributed by atoms with Gasteiger partial charge in [0.15, 0.2) is 0 Å². The fraction of sp³-hybridized carbons (Fsp3) is 0.333. The number of esters is 2. The lowest BCUT2D eigenvalue weighted by molar-refractivity contribution is -0.133. The topological polar surface area (TPSA) is 164 Å². The van der Waals surface area contributed by atoms with Gasteiger partial charge in [0.05, 0.1) is 14.2 Å². The molecule has 2 aromatic carbocycles. The maximum absolute atomic E-state index is 12.2. The Bertz CT molecular complexity index is 1290. The van der Waals surface area contributed by atoms with Crippen LogP contribution in [0.2, 0.25) is 0 Å². The van der Waals surface area contributed by atoms with E-state index in [1.165, 1.54) is 11.8 Å². The summed E-state index contributed by atoms with van der Waals surface area (Å²) >= 11 is 3.37. The van der Waals surface area contributed by atoms with Crippen molar-refractivity contribution in [1.29, 1.82) is 0 Å². The van der Waals surface area contributed by atoms with Gasteiger partial charge in [0.2, 0.25) is 10.1 Å². The van der Waals surface area contributed by atoms with Gasteiger partial charge in [0.1, 0.15) is 11.5 Å². The van der Waals surface area contributed by atoms with Gasteiger partial charge in [-0.2, -0.15) is 28.6 Å². The third-order valence-corrected chi connectivity index (χ3v) is 9.82. The Balaban J connectivity index is 1.80. The van der Waals surface area contributed by atoms with Gasteiger partial charge in [-0.15, -0.1) is 0 Å². The summed E-state index contributed by atoms with van der Waals surface area (Å²) < 4.78 is 67.4. The summed E-state index contributed by atoms with van der Waals surface area (Å²) in [6.45, 7) is 0. The SMILES string of the molecule is COC(=O)C(=NOS(=O)(=O)Cc1ccccc1)SCCSCCSC(=NOS(=O)(=O)Cc1ccccc1)C(=O)OC. The summed E-state index contributed by atoms with van der Waals surface area (Å²) in [5.41, 5.74) is 1.01. The van der Waals surface area contributed by atoms with Crippen LogP contribution in [0, 0.1) is 0 Å². The van der Waals surface area contributed by atoms with E-state index in [0.717, 1.165) is 37.7 Å². The van der Waals surface area contributed by atoms with E-state index in [1.807, 2.05) is 0 Å². The fourth-order valence-electron chi connectivity index (χ4n) is 2.71. The van der Waals surface area contributed by atoms with Crippen molar-refractivity contribution in [3.05, 3.63) is 71.8 Å². The number of hydrogen-bond donors (Lipinski definition) is 0. The predicted molar refractivity (Wildman–Crippen MR) is 161 cm³/mol. The van der Waals surface area contributed by atoms with E-state index in [1.54, 1.807) is 60.7 Å². The quantitative estimate of drug-likeness (QED) is 0.0951. The number of benzene rings is 2. The molecule has 2 aromatic rings. The largest absolute Gasteiger partial charge is 0.464 e. The number of carbonyl (C=O) groups is 2. The number of rotatable bonds is 14. The summed E-state index contributed by atoms with van der Waals surface area (Å²) in [6.07, 6.45) is 0. The maximum atomic E-state index is 12.2. The molecular weight excluding hydrogens is 637 g/mol. The zero-order valence-electron chi connectivity index (χ0n) is 22.0. The fourth-order valence-corrected chi connectivity index (χ4v) is 7.27. The molecule has 0 N–H and O–H groups in total. The van der Waals surface area contributed by atoms with Gasteiger partial charge in [-0.25, -0.2) is 9.59 Å². The zero-order valence-corrected chi connectivity index (χ0v) is 26.1. The molecule has 0 aliphatic rings. The number of carbonyl (C=O) groups excluding carboxylic acids is 2. The molecular formula is C24H28N2O10S5. The van der Waals surface area contributed by atoms with E-state index in [0.29, 0.717) is 34.1 Å². The molecule has 2 rings (SSSR count). The average molecular weight is 665 g/mol. The molecule has 0 aliphatic carbocycles. The smallest absolute Gasteiger partial charge is 0.366 e. The standard InChI is InChI=1S/C24H28N2O10S5/c1-33-23(27)21(25-35-40(29,30)17-19-9-5-3-6-10-19)38-15-13-37-14-16-39-22(24(28)34-2)26-36-41(31,32)18-20-11-7-4-8-12-20/h3-12H,13-18H2,1-2H3. The molecule has 17 heteroatoms. The number of thioether (sulfide) groups is 3. The Morgan fingerprint density at radius 3 is 1.34 bits per heavy atom. The second kappa shape index (κ2) is 17.9. The third-order valence-electron chi connectivity index (χ3n) is 4.49. The van der Waals surface area contributed by atoms with Crippen LogP contribution in [-0.4, -0.2) is 76.1 Å². The highest BCUT2D eigenvalue weighted by atomic mass is 32.2. The van der Waals surface area contributed by atoms with E-state index in [2.05, 4.69) is 28.4 Å². The Hall–Kier alpha value is -2.73. The van der Waals surface area contributed by atoms with Crippen molar-refractivity contribution in [3.63, 3.8) is 0 Å². The normalized spacial score (nSPS) is 12.4. The number of nitrogens with zero attached hydrogens (tertiary/aromatic N) is 2. The minimum absolute atomic E-state index is 0.256. The molecule has 0 saturated carbocycles. The van der Waals surface area contributed by atoms with Crippen molar-refractivity contribution in [1.82, 2.24) is 0 Å². The minimum atomic E-state index is -4.08. The number of oxime groups is 2. The van der Waals surface area contributed by atoms with Crippen molar-refractivity contribution in [2.75, 3.05) is 37.2 Å². The first kappa shape index (κ1) is 34.5. The van der Waals surface area contributed by atoms with Gasteiger partial charge in [-0.05, 0) is 11.1 Å². The minimum Gasteiger partial charge on any atom is -0.464 e. The van der Waals surface area contributed by atoms with Crippen LogP contribution in [0.3, 0.4) is 0 Å². The summed E-state index contributed by atoms with van der Waals surface area (Å²) in [6, 6.07) is 16.7. The molecule has 0 bridgehead atoms. The summed E-state index contributed by atoms with van der Waals surface area (Å²) in [5.74, 6) is -0.738. The number of methoxy groups -OCH3 is 2. The first-order valence-electron chi connectivity index (χ1n) is 11.6. The maximum Gasteiger partial charge on any atom is 0.366 e. The van der Waals surface area contributed by atoms with Crippen LogP contribution < -0.4 is 0 Å². The highest BCUT2D eigenvalue weighted by Crippen LogP contribution is 2.16. The van der Waals surface area contributed by atoms with Crippen LogP contribution in [0.5, 0.6) is 0 Å². The van der Waals surface area contributed by atoms with Gasteiger partial charge >= 0.3 is 32.2 Å². The molecule has 0 spiro atoms. The molecule has 0 atom stereocenters. The average Bonchev–Trinajstić information content (AvgIpc) is 2.95. The van der Waals surface area contributed by atoms with Crippen molar-refractivity contribution in [3.8, 4) is 0 Å². The monoisotopic (exact) mass is 664 g/mol. The summed E-state index contributed by atoms with van der Waals surface area (Å²) in [4.78, 5) is 24.0. The summed E-state index contributed by atoms with van der Waals surface area (Å²) in [5, 5.41) is 6.46. The van der Waals surface area contributed by atoms with Crippen molar-refractivity contribution in [2.45, 2.75) is 11.5 Å². The molecule has 0 amide bonds. The van der Waals surface area contributed by atoms with Gasteiger partial charge in [-0.3, -0.25) is 8.57 Å². The first-order chi connectivity index (χ1) is 19.5. The molecule has 0 heterocycles. The second-order valence-corrected chi connectivity index (χ2v) is 14.1. The van der Waals surface area contributed by atoms with Crippen LogP contribution in [0.4, 0.5) is 0 Å². The highest BCUT2D eigenvalue weighted by Gasteiger charge is 2.20. The summed E-state index contributed by atoms with van der Waals surface area (Å²) in [7, 11) is -5.87. The lowest BCUT2D eigenvalue weighted by atomic mass is 10.2. The molecule has 0 aromatic heterocycles. The Kier molecular flexibility index (Phi) is 15.1. The molecule has 12 nitrogen and oxygen atoms in total. The molecule has 41 heavy (non-hydrogen) atoms. The first-order valence-corrected chi connectivity index (χ1v) is 17.9. The zero-order chi connectivity index (χ0) is 30.1. The van der Waals surface area contributed by atoms with Crippen LogP contribution in [0.15, 0.2) is 71.0 Å². The third kappa shape index (κ3) is 14.1. The number of ether oxygens (including phenoxy) is 2. The lowest BCUT2D eigenvalue weighted by Crippen LogP contribution is -2.16. The Morgan fingerprint density at radius 2 is 1.00 bits per heavy atom. The molecule has 0 aliphatic heterocycles. The van der Waals surface area contributed by atoms with E-state index in [-0.39, 0.29) is 10.1 Å². The lowest BCUT2D eigenvalue weighted by Gasteiger charge is -2.06. The van der Waals surface area contributed by atoms with E-state index in [9.17, 15) is 26.4 Å². The molecule has 224 valence electrons. The van der Waals surface area contributed by atoms with Gasteiger partial charge in [0.25, 0.3) is 0 Å². The van der Waals surface area contributed by atoms with E-state index < -0.39 is 43.7 Å². The van der Waals surface area contributed by atoms with Gasteiger partial charge < -0.3 is 9.47 Å². The van der Waals surface area contributed by atoms with Crippen molar-refractivity contribution in [2.24, 2.45) is 10.3 Å². The Morgan fingerprint density at radius 1 is 0.634 bits per heavy atom. The van der Waals surface area contributed by atoms with Crippen molar-refractivity contribution < 1.29 is 44.5 Å². The molecule has 0 fully saturated rings. The van der Waals surface area contributed by atoms with Crippen LogP contribution in [-0.2, 0) is 59.4 Å². The van der Waals surface area contributed by atoms with Crippen LogP contribution in [0.1, 0.15) is 11.1 Å².